The van der Waals surface area contributed by atoms with Crippen molar-refractivity contribution in [2.24, 2.45) is 0 Å². The molecule has 3 aromatic rings. The molecule has 1 heterocycles. The first-order valence-electron chi connectivity index (χ1n) is 6.54. The van der Waals surface area contributed by atoms with Gasteiger partial charge in [0.1, 0.15) is 0 Å². The van der Waals surface area contributed by atoms with E-state index in [0.717, 1.165) is 27.8 Å². The number of nitrogens with one attached hydrogen (secondary N) is 1. The Kier molecular flexibility index (Phi) is 4.40. The minimum absolute atomic E-state index is 0. The first kappa shape index (κ1) is 14.8. The Morgan fingerprint density at radius 3 is 2.43 bits per heavy atom. The molecule has 0 unspecified atom stereocenters. The normalized spacial score (nSPS) is 10.0. The van der Waals surface area contributed by atoms with Crippen molar-refractivity contribution in [1.82, 2.24) is 11.1 Å². The molecule has 3 rings (SSSR count). The highest BCUT2D eigenvalue weighted by molar-refractivity contribution is 5.86. The predicted molar refractivity (Wildman–Crippen MR) is 87.8 cm³/mol. The predicted octanol–water partition coefficient (Wildman–Crippen LogP) is 4.46. The molecular formula is C17H19N3O. The number of rotatable bonds is 3. The number of nitrogens with zero attached hydrogens (tertiary/aromatic N) is 1. The number of para-hydroxylation sites is 1. The van der Waals surface area contributed by atoms with Gasteiger partial charge in [-0.25, -0.2) is 4.98 Å². The fourth-order valence-corrected chi connectivity index (χ4v) is 2.27. The molecule has 2 aromatic carbocycles. The van der Waals surface area contributed by atoms with Crippen molar-refractivity contribution in [2.75, 3.05) is 12.4 Å². The fraction of sp³-hybridized carbons (Fsp3) is 0.118. The topological polar surface area (TPSA) is 69.2 Å². The Morgan fingerprint density at radius 2 is 1.71 bits per heavy atom. The van der Waals surface area contributed by atoms with Gasteiger partial charge in [-0.1, -0.05) is 18.2 Å². The third-order valence-corrected chi connectivity index (χ3v) is 3.23. The van der Waals surface area contributed by atoms with E-state index in [9.17, 15) is 0 Å². The monoisotopic (exact) mass is 281 g/mol. The van der Waals surface area contributed by atoms with Crippen LogP contribution in [0.3, 0.4) is 0 Å². The average molecular weight is 281 g/mol. The molecule has 0 aliphatic carbocycles. The van der Waals surface area contributed by atoms with Crippen LogP contribution in [0.25, 0.3) is 10.9 Å². The number of ether oxygens (including phenoxy) is 1. The van der Waals surface area contributed by atoms with Crippen LogP contribution < -0.4 is 16.2 Å². The molecule has 0 fully saturated rings. The van der Waals surface area contributed by atoms with E-state index in [2.05, 4.69) is 29.4 Å². The standard InChI is InChI=1S/C17H16N2O.H3N/c1-12-10-15(18-14-6-4-3-5-7-14)11-13-8-9-16(20-2)19-17(12)13;/h3-11,18H,1-2H3;1H3. The van der Waals surface area contributed by atoms with Crippen LogP contribution in [0.15, 0.2) is 54.6 Å². The number of hydrogen-bond donors (Lipinski definition) is 2. The lowest BCUT2D eigenvalue weighted by Gasteiger charge is -2.10. The first-order chi connectivity index (χ1) is 9.76. The second-order valence-electron chi connectivity index (χ2n) is 4.71. The van der Waals surface area contributed by atoms with Gasteiger partial charge in [0.15, 0.2) is 0 Å². The minimum atomic E-state index is 0. The summed E-state index contributed by atoms with van der Waals surface area (Å²) < 4.78 is 5.18. The van der Waals surface area contributed by atoms with Crippen molar-refractivity contribution in [3.63, 3.8) is 0 Å². The fourth-order valence-electron chi connectivity index (χ4n) is 2.27. The number of aromatic nitrogens is 1. The van der Waals surface area contributed by atoms with E-state index in [4.69, 9.17) is 4.74 Å². The number of hydrogen-bond acceptors (Lipinski definition) is 4. The number of anilines is 2. The minimum Gasteiger partial charge on any atom is -0.481 e. The number of aryl methyl sites for hydroxylation is 1. The average Bonchev–Trinajstić information content (AvgIpc) is 2.48. The molecular weight excluding hydrogens is 262 g/mol. The number of fused-ring (bicyclic) bond motifs is 1. The molecule has 21 heavy (non-hydrogen) atoms. The summed E-state index contributed by atoms with van der Waals surface area (Å²) in [6.45, 7) is 2.06. The van der Waals surface area contributed by atoms with Crippen molar-refractivity contribution in [1.29, 1.82) is 0 Å². The Labute approximate surface area is 124 Å². The van der Waals surface area contributed by atoms with Crippen LogP contribution in [0.2, 0.25) is 0 Å². The molecule has 0 spiro atoms. The van der Waals surface area contributed by atoms with Gasteiger partial charge in [-0.2, -0.15) is 0 Å². The maximum atomic E-state index is 5.18. The summed E-state index contributed by atoms with van der Waals surface area (Å²) in [7, 11) is 1.63. The van der Waals surface area contributed by atoms with Gasteiger partial charge in [-0.3, -0.25) is 0 Å². The van der Waals surface area contributed by atoms with E-state index in [1.807, 2.05) is 42.5 Å². The van der Waals surface area contributed by atoms with Gasteiger partial charge in [-0.15, -0.1) is 0 Å². The molecule has 4 N–H and O–H groups in total. The Bertz CT molecular complexity index is 742. The summed E-state index contributed by atoms with van der Waals surface area (Å²) >= 11 is 0. The van der Waals surface area contributed by atoms with E-state index in [1.165, 1.54) is 0 Å². The summed E-state index contributed by atoms with van der Waals surface area (Å²) in [5.41, 5.74) is 4.24. The van der Waals surface area contributed by atoms with Gasteiger partial charge >= 0.3 is 0 Å². The van der Waals surface area contributed by atoms with Crippen LogP contribution >= 0.6 is 0 Å². The second kappa shape index (κ2) is 6.24. The van der Waals surface area contributed by atoms with Gasteiger partial charge < -0.3 is 16.2 Å². The zero-order chi connectivity index (χ0) is 13.9. The molecule has 4 heteroatoms. The zero-order valence-corrected chi connectivity index (χ0v) is 12.3. The van der Waals surface area contributed by atoms with Crippen LogP contribution in [0.5, 0.6) is 5.88 Å². The first-order valence-corrected chi connectivity index (χ1v) is 6.54. The highest BCUT2D eigenvalue weighted by Crippen LogP contribution is 2.26. The lowest BCUT2D eigenvalue weighted by molar-refractivity contribution is 0.399. The van der Waals surface area contributed by atoms with E-state index in [1.54, 1.807) is 7.11 Å². The SMILES string of the molecule is COc1ccc2cc(Nc3ccccc3)cc(C)c2n1.N. The number of benzene rings is 2. The molecule has 0 saturated heterocycles. The number of pyridine rings is 1. The van der Waals surface area contributed by atoms with Crippen molar-refractivity contribution in [3.05, 3.63) is 60.2 Å². The smallest absolute Gasteiger partial charge is 0.213 e. The summed E-state index contributed by atoms with van der Waals surface area (Å²) in [5.74, 6) is 0.643. The van der Waals surface area contributed by atoms with Crippen molar-refractivity contribution < 1.29 is 4.74 Å². The molecule has 0 aliphatic rings. The highest BCUT2D eigenvalue weighted by atomic mass is 16.5. The van der Waals surface area contributed by atoms with E-state index < -0.39 is 0 Å². The summed E-state index contributed by atoms with van der Waals surface area (Å²) in [6, 6.07) is 18.2. The third kappa shape index (κ3) is 3.12. The van der Waals surface area contributed by atoms with E-state index in [0.29, 0.717) is 5.88 Å². The van der Waals surface area contributed by atoms with Gasteiger partial charge in [0.2, 0.25) is 5.88 Å². The second-order valence-corrected chi connectivity index (χ2v) is 4.71. The maximum absolute atomic E-state index is 5.18. The summed E-state index contributed by atoms with van der Waals surface area (Å²) in [4.78, 5) is 4.49. The van der Waals surface area contributed by atoms with Gasteiger partial charge in [0.25, 0.3) is 0 Å². The van der Waals surface area contributed by atoms with Crippen molar-refractivity contribution in [2.45, 2.75) is 6.92 Å². The molecule has 0 amide bonds. The third-order valence-electron chi connectivity index (χ3n) is 3.23. The molecule has 0 saturated carbocycles. The van der Waals surface area contributed by atoms with Gasteiger partial charge in [0, 0.05) is 22.8 Å². The van der Waals surface area contributed by atoms with Crippen molar-refractivity contribution >= 4 is 22.3 Å². The van der Waals surface area contributed by atoms with Gasteiger partial charge in [-0.05, 0) is 42.8 Å². The highest BCUT2D eigenvalue weighted by Gasteiger charge is 2.04. The van der Waals surface area contributed by atoms with Crippen molar-refractivity contribution in [3.8, 4) is 5.88 Å². The van der Waals surface area contributed by atoms with Crippen LogP contribution in [0, 0.1) is 6.92 Å². The van der Waals surface area contributed by atoms with Crippen LogP contribution in [-0.2, 0) is 0 Å². The molecule has 1 aromatic heterocycles. The largest absolute Gasteiger partial charge is 0.481 e. The Hall–Kier alpha value is -2.59. The van der Waals surface area contributed by atoms with E-state index >= 15 is 0 Å². The molecule has 0 radical (unpaired) electrons. The zero-order valence-electron chi connectivity index (χ0n) is 12.3. The lowest BCUT2D eigenvalue weighted by Crippen LogP contribution is -1.94. The maximum Gasteiger partial charge on any atom is 0.213 e. The van der Waals surface area contributed by atoms with Crippen LogP contribution in [0.4, 0.5) is 11.4 Å². The quantitative estimate of drug-likeness (QED) is 0.743. The number of methoxy groups -OCH3 is 1. The molecule has 0 bridgehead atoms. The molecule has 0 aliphatic heterocycles. The summed E-state index contributed by atoms with van der Waals surface area (Å²) in [5, 5.41) is 4.51. The molecule has 108 valence electrons. The Morgan fingerprint density at radius 1 is 0.952 bits per heavy atom. The molecule has 0 atom stereocenters. The van der Waals surface area contributed by atoms with Gasteiger partial charge in [0.05, 0.1) is 12.6 Å². The van der Waals surface area contributed by atoms with E-state index in [-0.39, 0.29) is 6.15 Å². The van der Waals surface area contributed by atoms with Crippen LogP contribution in [-0.4, -0.2) is 12.1 Å². The summed E-state index contributed by atoms with van der Waals surface area (Å²) in [6.07, 6.45) is 0. The molecule has 4 nitrogen and oxygen atoms in total. The Balaban J connectivity index is 0.00000161. The van der Waals surface area contributed by atoms with Crippen LogP contribution in [0.1, 0.15) is 5.56 Å². The lowest BCUT2D eigenvalue weighted by atomic mass is 10.1.